The van der Waals surface area contributed by atoms with Crippen LogP contribution in [0.4, 0.5) is 0 Å². The molecule has 142 valence electrons. The van der Waals surface area contributed by atoms with E-state index >= 15 is 0 Å². The molecular formula is C22H21N3O3. The van der Waals surface area contributed by atoms with E-state index in [9.17, 15) is 9.59 Å². The van der Waals surface area contributed by atoms with Gasteiger partial charge in [0.15, 0.2) is 0 Å². The predicted molar refractivity (Wildman–Crippen MR) is 109 cm³/mol. The van der Waals surface area contributed by atoms with E-state index in [2.05, 4.69) is 15.8 Å². The third kappa shape index (κ3) is 4.54. The molecule has 0 spiro atoms. The molecule has 0 bridgehead atoms. The summed E-state index contributed by atoms with van der Waals surface area (Å²) in [5, 5.41) is 8.45. The molecule has 0 heterocycles. The highest BCUT2D eigenvalue weighted by molar-refractivity contribution is 6.35. The molecule has 0 aliphatic rings. The smallest absolute Gasteiger partial charge is 0.329 e. The van der Waals surface area contributed by atoms with Gasteiger partial charge < -0.3 is 10.1 Å². The van der Waals surface area contributed by atoms with Crippen molar-refractivity contribution in [1.82, 2.24) is 10.7 Å². The Morgan fingerprint density at radius 1 is 1.00 bits per heavy atom. The zero-order chi connectivity index (χ0) is 19.9. The Bertz CT molecular complexity index is 1030. The van der Waals surface area contributed by atoms with Gasteiger partial charge in [-0.1, -0.05) is 60.2 Å². The Hall–Kier alpha value is -3.67. The standard InChI is InChI=1S/C22H21N3O3/c1-15-7-9-16(10-8-15)13-23-21(26)22(27)25-24-14-19-18-6-4-3-5-17(18)11-12-20(19)28-2/h3-12,14H,13H2,1-2H3,(H,23,26)(H,25,27)/b24-14-. The number of ether oxygens (including phenoxy) is 1. The van der Waals surface area contributed by atoms with Gasteiger partial charge in [-0.05, 0) is 29.3 Å². The fourth-order valence-electron chi connectivity index (χ4n) is 2.76. The van der Waals surface area contributed by atoms with E-state index in [0.717, 1.165) is 27.5 Å². The molecule has 0 aliphatic heterocycles. The predicted octanol–water partition coefficient (Wildman–Crippen LogP) is 2.92. The van der Waals surface area contributed by atoms with Crippen molar-refractivity contribution in [2.24, 2.45) is 5.10 Å². The van der Waals surface area contributed by atoms with Crippen LogP contribution in [0.5, 0.6) is 5.75 Å². The van der Waals surface area contributed by atoms with Crippen LogP contribution in [0.25, 0.3) is 10.8 Å². The van der Waals surface area contributed by atoms with E-state index in [1.807, 2.05) is 67.6 Å². The largest absolute Gasteiger partial charge is 0.496 e. The second-order valence-electron chi connectivity index (χ2n) is 6.27. The lowest BCUT2D eigenvalue weighted by Crippen LogP contribution is -2.37. The summed E-state index contributed by atoms with van der Waals surface area (Å²) < 4.78 is 5.37. The minimum Gasteiger partial charge on any atom is -0.496 e. The minimum atomic E-state index is -0.831. The van der Waals surface area contributed by atoms with Crippen molar-refractivity contribution < 1.29 is 14.3 Å². The molecule has 0 fully saturated rings. The van der Waals surface area contributed by atoms with Crippen LogP contribution >= 0.6 is 0 Å². The first-order chi connectivity index (χ1) is 13.6. The number of rotatable bonds is 5. The number of hydrazone groups is 1. The zero-order valence-corrected chi connectivity index (χ0v) is 15.7. The van der Waals surface area contributed by atoms with Crippen molar-refractivity contribution in [2.45, 2.75) is 13.5 Å². The van der Waals surface area contributed by atoms with Gasteiger partial charge >= 0.3 is 11.8 Å². The number of carbonyl (C=O) groups is 2. The molecule has 2 N–H and O–H groups in total. The summed E-state index contributed by atoms with van der Waals surface area (Å²) in [5.74, 6) is -0.953. The number of hydrogen-bond acceptors (Lipinski definition) is 4. The lowest BCUT2D eigenvalue weighted by Gasteiger charge is -2.08. The highest BCUT2D eigenvalue weighted by Crippen LogP contribution is 2.26. The van der Waals surface area contributed by atoms with Gasteiger partial charge in [0.25, 0.3) is 0 Å². The number of nitrogens with zero attached hydrogens (tertiary/aromatic N) is 1. The van der Waals surface area contributed by atoms with Crippen molar-refractivity contribution in [3.63, 3.8) is 0 Å². The number of fused-ring (bicyclic) bond motifs is 1. The van der Waals surface area contributed by atoms with Crippen LogP contribution in [0.3, 0.4) is 0 Å². The molecule has 0 unspecified atom stereocenters. The number of methoxy groups -OCH3 is 1. The normalized spacial score (nSPS) is 10.8. The topological polar surface area (TPSA) is 79.8 Å². The Morgan fingerprint density at radius 3 is 2.50 bits per heavy atom. The molecule has 3 aromatic carbocycles. The van der Waals surface area contributed by atoms with Gasteiger partial charge in [0.2, 0.25) is 0 Å². The molecule has 6 heteroatoms. The van der Waals surface area contributed by atoms with Crippen LogP contribution in [-0.4, -0.2) is 25.1 Å². The van der Waals surface area contributed by atoms with Crippen LogP contribution in [0, 0.1) is 6.92 Å². The van der Waals surface area contributed by atoms with E-state index in [1.54, 1.807) is 7.11 Å². The lowest BCUT2D eigenvalue weighted by atomic mass is 10.0. The number of benzene rings is 3. The van der Waals surface area contributed by atoms with Gasteiger partial charge in [-0.3, -0.25) is 9.59 Å². The molecule has 28 heavy (non-hydrogen) atoms. The van der Waals surface area contributed by atoms with E-state index in [1.165, 1.54) is 6.21 Å². The maximum absolute atomic E-state index is 12.0. The van der Waals surface area contributed by atoms with Gasteiger partial charge in [0.1, 0.15) is 5.75 Å². The molecule has 0 saturated heterocycles. The van der Waals surface area contributed by atoms with Gasteiger partial charge in [-0.15, -0.1) is 0 Å². The van der Waals surface area contributed by atoms with E-state index in [4.69, 9.17) is 4.74 Å². The first kappa shape index (κ1) is 19.1. The molecule has 6 nitrogen and oxygen atoms in total. The average Bonchev–Trinajstić information content (AvgIpc) is 2.73. The van der Waals surface area contributed by atoms with Gasteiger partial charge in [-0.25, -0.2) is 5.43 Å². The molecule has 2 amide bonds. The van der Waals surface area contributed by atoms with Crippen LogP contribution in [0.2, 0.25) is 0 Å². The summed E-state index contributed by atoms with van der Waals surface area (Å²) >= 11 is 0. The maximum atomic E-state index is 12.0. The first-order valence-corrected chi connectivity index (χ1v) is 8.81. The van der Waals surface area contributed by atoms with E-state index in [0.29, 0.717) is 5.75 Å². The van der Waals surface area contributed by atoms with Crippen LogP contribution in [-0.2, 0) is 16.1 Å². The zero-order valence-electron chi connectivity index (χ0n) is 15.7. The SMILES string of the molecule is COc1ccc2ccccc2c1/C=N\NC(=O)C(=O)NCc1ccc(C)cc1. The van der Waals surface area contributed by atoms with E-state index in [-0.39, 0.29) is 6.54 Å². The lowest BCUT2D eigenvalue weighted by molar-refractivity contribution is -0.139. The molecular weight excluding hydrogens is 354 g/mol. The molecule has 3 rings (SSSR count). The molecule has 3 aromatic rings. The van der Waals surface area contributed by atoms with Crippen molar-refractivity contribution >= 4 is 28.8 Å². The molecule has 0 saturated carbocycles. The maximum Gasteiger partial charge on any atom is 0.329 e. The Morgan fingerprint density at radius 2 is 1.75 bits per heavy atom. The summed E-state index contributed by atoms with van der Waals surface area (Å²) in [7, 11) is 1.57. The number of hydrogen-bond donors (Lipinski definition) is 2. The Balaban J connectivity index is 1.64. The first-order valence-electron chi connectivity index (χ1n) is 8.81. The van der Waals surface area contributed by atoms with Gasteiger partial charge in [-0.2, -0.15) is 5.10 Å². The van der Waals surface area contributed by atoms with Crippen molar-refractivity contribution in [2.75, 3.05) is 7.11 Å². The van der Waals surface area contributed by atoms with Gasteiger partial charge in [0.05, 0.1) is 13.3 Å². The number of aryl methyl sites for hydroxylation is 1. The fourth-order valence-corrected chi connectivity index (χ4v) is 2.76. The molecule has 0 aromatic heterocycles. The summed E-state index contributed by atoms with van der Waals surface area (Å²) in [4.78, 5) is 23.9. The monoisotopic (exact) mass is 375 g/mol. The Labute approximate surface area is 163 Å². The highest BCUT2D eigenvalue weighted by atomic mass is 16.5. The second-order valence-corrected chi connectivity index (χ2v) is 6.27. The molecule has 0 aliphatic carbocycles. The van der Waals surface area contributed by atoms with Crippen LogP contribution in [0.15, 0.2) is 65.8 Å². The second kappa shape index (κ2) is 8.81. The van der Waals surface area contributed by atoms with E-state index < -0.39 is 11.8 Å². The summed E-state index contributed by atoms with van der Waals surface area (Å²) in [6.45, 7) is 2.26. The van der Waals surface area contributed by atoms with Crippen molar-refractivity contribution in [3.8, 4) is 5.75 Å². The Kier molecular flexibility index (Phi) is 6.01. The van der Waals surface area contributed by atoms with Crippen molar-refractivity contribution in [1.29, 1.82) is 0 Å². The molecule has 0 atom stereocenters. The van der Waals surface area contributed by atoms with Crippen LogP contribution < -0.4 is 15.5 Å². The van der Waals surface area contributed by atoms with Gasteiger partial charge in [0, 0.05) is 12.1 Å². The highest BCUT2D eigenvalue weighted by Gasteiger charge is 2.12. The van der Waals surface area contributed by atoms with Crippen LogP contribution in [0.1, 0.15) is 16.7 Å². The summed E-state index contributed by atoms with van der Waals surface area (Å²) in [6.07, 6.45) is 1.48. The number of nitrogens with one attached hydrogen (secondary N) is 2. The summed E-state index contributed by atoms with van der Waals surface area (Å²) in [6, 6.07) is 19.2. The third-order valence-corrected chi connectivity index (χ3v) is 4.29. The summed E-state index contributed by atoms with van der Waals surface area (Å²) in [5.41, 5.74) is 5.02. The third-order valence-electron chi connectivity index (χ3n) is 4.29. The number of amides is 2. The van der Waals surface area contributed by atoms with Crippen molar-refractivity contribution in [3.05, 3.63) is 77.4 Å². The molecule has 0 radical (unpaired) electrons. The fraction of sp³-hybridized carbons (Fsp3) is 0.136. The minimum absolute atomic E-state index is 0.271. The quantitative estimate of drug-likeness (QED) is 0.409. The average molecular weight is 375 g/mol. The number of carbonyl (C=O) groups excluding carboxylic acids is 2.